The Labute approximate surface area is 154 Å². The number of nitrogens with zero attached hydrogens (tertiary/aromatic N) is 3. The van der Waals surface area contributed by atoms with Gasteiger partial charge in [0.15, 0.2) is 14.0 Å². The van der Waals surface area contributed by atoms with Crippen LogP contribution in [0.15, 0.2) is 12.3 Å². The van der Waals surface area contributed by atoms with Crippen LogP contribution >= 0.6 is 11.6 Å². The third-order valence-corrected chi connectivity index (χ3v) is 9.36. The number of imidazole rings is 1. The lowest BCUT2D eigenvalue weighted by Gasteiger charge is -2.36. The van der Waals surface area contributed by atoms with E-state index in [0.717, 1.165) is 0 Å². The molecule has 0 aliphatic heterocycles. The van der Waals surface area contributed by atoms with Crippen LogP contribution in [0, 0.1) is 0 Å². The summed E-state index contributed by atoms with van der Waals surface area (Å²) in [5, 5.41) is 0.671. The maximum atomic E-state index is 11.1. The van der Waals surface area contributed by atoms with Gasteiger partial charge in [-0.1, -0.05) is 32.4 Å². The van der Waals surface area contributed by atoms with Gasteiger partial charge in [0.1, 0.15) is 17.9 Å². The largest absolute Gasteiger partial charge is 0.458 e. The Morgan fingerprint density at radius 3 is 2.64 bits per heavy atom. The van der Waals surface area contributed by atoms with Crippen molar-refractivity contribution in [1.29, 1.82) is 0 Å². The number of carbonyl (C=O) groups excluding carboxylic acids is 1. The summed E-state index contributed by atoms with van der Waals surface area (Å²) in [6.07, 6.45) is 1.59. The Morgan fingerprint density at radius 2 is 2.04 bits per heavy atom. The zero-order valence-corrected chi connectivity index (χ0v) is 17.5. The van der Waals surface area contributed by atoms with Crippen molar-refractivity contribution in [1.82, 2.24) is 14.5 Å². The van der Waals surface area contributed by atoms with Gasteiger partial charge in [0.2, 0.25) is 0 Å². The van der Waals surface area contributed by atoms with E-state index in [1.807, 2.05) is 4.57 Å². The van der Waals surface area contributed by atoms with Crippen LogP contribution in [0.25, 0.3) is 11.2 Å². The molecule has 0 atom stereocenters. The number of carbonyl (C=O) groups is 1. The summed E-state index contributed by atoms with van der Waals surface area (Å²) in [6.45, 7) is 13.7. The van der Waals surface area contributed by atoms with Crippen molar-refractivity contribution in [2.45, 2.75) is 59.0 Å². The van der Waals surface area contributed by atoms with Gasteiger partial charge in [0, 0.05) is 19.7 Å². The quantitative estimate of drug-likeness (QED) is 0.553. The highest BCUT2D eigenvalue weighted by atomic mass is 35.5. The molecule has 0 saturated heterocycles. The molecular formula is C17H26ClN3O3Si. The van der Waals surface area contributed by atoms with Crippen LogP contribution < -0.4 is 0 Å². The van der Waals surface area contributed by atoms with E-state index in [0.29, 0.717) is 35.2 Å². The fourth-order valence-electron chi connectivity index (χ4n) is 2.15. The van der Waals surface area contributed by atoms with E-state index in [9.17, 15) is 4.79 Å². The van der Waals surface area contributed by atoms with Crippen LogP contribution in [0.5, 0.6) is 0 Å². The van der Waals surface area contributed by atoms with E-state index >= 15 is 0 Å². The number of rotatable bonds is 6. The molecule has 2 aromatic rings. The van der Waals surface area contributed by atoms with E-state index < -0.39 is 8.32 Å². The second-order valence-electron chi connectivity index (χ2n) is 7.56. The Kier molecular flexibility index (Phi) is 5.91. The molecule has 2 rings (SSSR count). The number of hydrogen-bond donors (Lipinski definition) is 0. The average molecular weight is 384 g/mol. The summed E-state index contributed by atoms with van der Waals surface area (Å²) >= 11 is 6.01. The van der Waals surface area contributed by atoms with E-state index in [2.05, 4.69) is 43.8 Å². The minimum absolute atomic E-state index is 0.101. The fourth-order valence-corrected chi connectivity index (χ4v) is 3.34. The third-order valence-electron chi connectivity index (χ3n) is 4.62. The number of fused-ring (bicyclic) bond motifs is 1. The van der Waals surface area contributed by atoms with Crippen LogP contribution in [0.3, 0.4) is 0 Å². The highest BCUT2D eigenvalue weighted by molar-refractivity contribution is 6.74. The first kappa shape index (κ1) is 19.9. The normalized spacial score (nSPS) is 12.6. The predicted octanol–water partition coefficient (Wildman–Crippen LogP) is 4.17. The predicted molar refractivity (Wildman–Crippen MR) is 101 cm³/mol. The topological polar surface area (TPSA) is 66.2 Å². The lowest BCUT2D eigenvalue weighted by Crippen LogP contribution is -2.41. The Balaban J connectivity index is 2.22. The molecule has 0 spiro atoms. The Bertz CT molecular complexity index is 768. The number of aromatic nitrogens is 3. The molecule has 0 saturated carbocycles. The van der Waals surface area contributed by atoms with E-state index in [1.165, 1.54) is 6.92 Å². The summed E-state index contributed by atoms with van der Waals surface area (Å²) in [6, 6.07) is 1.76. The van der Waals surface area contributed by atoms with Crippen LogP contribution in [-0.2, 0) is 27.1 Å². The molecule has 0 unspecified atom stereocenters. The van der Waals surface area contributed by atoms with Gasteiger partial charge < -0.3 is 13.7 Å². The average Bonchev–Trinajstić information content (AvgIpc) is 2.81. The van der Waals surface area contributed by atoms with E-state index in [1.54, 1.807) is 12.3 Å². The molecule has 0 aliphatic carbocycles. The smallest absolute Gasteiger partial charge is 0.303 e. The minimum atomic E-state index is -1.83. The second-order valence-corrected chi connectivity index (χ2v) is 12.8. The highest BCUT2D eigenvalue weighted by Crippen LogP contribution is 2.36. The van der Waals surface area contributed by atoms with Crippen LogP contribution in [0.2, 0.25) is 23.2 Å². The molecule has 2 aromatic heterocycles. The molecule has 2 heterocycles. The van der Waals surface area contributed by atoms with Gasteiger partial charge in [-0.25, -0.2) is 9.97 Å². The van der Waals surface area contributed by atoms with Crippen molar-refractivity contribution in [3.63, 3.8) is 0 Å². The summed E-state index contributed by atoms with van der Waals surface area (Å²) < 4.78 is 13.3. The molecular weight excluding hydrogens is 358 g/mol. The zero-order valence-electron chi connectivity index (χ0n) is 15.7. The maximum Gasteiger partial charge on any atom is 0.303 e. The first-order valence-corrected chi connectivity index (χ1v) is 11.6. The molecule has 0 radical (unpaired) electrons. The van der Waals surface area contributed by atoms with Gasteiger partial charge >= 0.3 is 5.97 Å². The number of pyridine rings is 1. The first-order valence-electron chi connectivity index (χ1n) is 8.29. The van der Waals surface area contributed by atoms with Gasteiger partial charge in [0.25, 0.3) is 0 Å². The van der Waals surface area contributed by atoms with Gasteiger partial charge in [-0.15, -0.1) is 0 Å². The van der Waals surface area contributed by atoms with Gasteiger partial charge in [-0.3, -0.25) is 4.79 Å². The lowest BCUT2D eigenvalue weighted by atomic mass is 10.2. The fraction of sp³-hybridized carbons (Fsp3) is 0.588. The van der Waals surface area contributed by atoms with Crippen molar-refractivity contribution in [2.24, 2.45) is 0 Å². The van der Waals surface area contributed by atoms with Gasteiger partial charge in [0.05, 0.1) is 11.6 Å². The monoisotopic (exact) mass is 383 g/mol. The summed E-state index contributed by atoms with van der Waals surface area (Å²) in [7, 11) is -1.83. The van der Waals surface area contributed by atoms with Crippen molar-refractivity contribution in [2.75, 3.05) is 6.61 Å². The van der Waals surface area contributed by atoms with Gasteiger partial charge in [-0.05, 0) is 24.2 Å². The number of hydrogen-bond acceptors (Lipinski definition) is 5. The lowest BCUT2D eigenvalue weighted by molar-refractivity contribution is -0.142. The molecule has 0 aromatic carbocycles. The van der Waals surface area contributed by atoms with Gasteiger partial charge in [-0.2, -0.15) is 0 Å². The molecule has 8 heteroatoms. The Hall–Kier alpha value is -1.44. The van der Waals surface area contributed by atoms with E-state index in [-0.39, 0.29) is 17.6 Å². The van der Waals surface area contributed by atoms with E-state index in [4.69, 9.17) is 20.8 Å². The van der Waals surface area contributed by atoms with Crippen molar-refractivity contribution >= 4 is 37.1 Å². The number of ether oxygens (including phenoxy) is 1. The molecule has 0 aliphatic rings. The van der Waals surface area contributed by atoms with Crippen molar-refractivity contribution in [3.05, 3.63) is 23.1 Å². The molecule has 0 amide bonds. The third kappa shape index (κ3) is 4.80. The number of halogens is 1. The molecule has 25 heavy (non-hydrogen) atoms. The first-order chi connectivity index (χ1) is 11.5. The highest BCUT2D eigenvalue weighted by Gasteiger charge is 2.37. The minimum Gasteiger partial charge on any atom is -0.458 e. The van der Waals surface area contributed by atoms with Crippen molar-refractivity contribution in [3.8, 4) is 0 Å². The maximum absolute atomic E-state index is 11.1. The molecule has 138 valence electrons. The summed E-state index contributed by atoms with van der Waals surface area (Å²) in [5.41, 5.74) is 1.40. The summed E-state index contributed by atoms with van der Waals surface area (Å²) in [4.78, 5) is 20.0. The van der Waals surface area contributed by atoms with Crippen LogP contribution in [-0.4, -0.2) is 35.4 Å². The van der Waals surface area contributed by atoms with Crippen LogP contribution in [0.1, 0.15) is 33.5 Å². The van der Waals surface area contributed by atoms with Crippen molar-refractivity contribution < 1.29 is 14.0 Å². The number of esters is 1. The molecule has 0 bridgehead atoms. The second kappa shape index (κ2) is 7.43. The Morgan fingerprint density at radius 1 is 1.36 bits per heavy atom. The standard InChI is InChI=1S/C17H26ClN3O3Si/c1-12(22)23-11-15-20-14-9-13(18)10-19-16(14)21(15)7-8-24-25(5,6)17(2,3)4/h9-10H,7-8,11H2,1-6H3. The summed E-state index contributed by atoms with van der Waals surface area (Å²) in [5.74, 6) is 0.293. The SMILES string of the molecule is CC(=O)OCc1nc2cc(Cl)cnc2n1CCO[Si](C)(C)C(C)(C)C. The molecule has 0 N–H and O–H groups in total. The zero-order chi connectivity index (χ0) is 18.8. The molecule has 6 nitrogen and oxygen atoms in total. The molecule has 0 fully saturated rings. The van der Waals surface area contributed by atoms with Crippen LogP contribution in [0.4, 0.5) is 0 Å².